The molecule has 138 valence electrons. The smallest absolute Gasteiger partial charge is 0.191 e. The van der Waals surface area contributed by atoms with E-state index in [1.54, 1.807) is 25.2 Å². The number of nitrogens with zero attached hydrogens (tertiary/aromatic N) is 2. The number of benzene rings is 1. The Bertz CT molecular complexity index is 678. The van der Waals surface area contributed by atoms with Crippen LogP contribution in [0.4, 0.5) is 4.39 Å². The minimum absolute atomic E-state index is 0. The zero-order chi connectivity index (χ0) is 17.4. The summed E-state index contributed by atoms with van der Waals surface area (Å²) < 4.78 is 24.3. The lowest BCUT2D eigenvalue weighted by Gasteiger charge is -2.17. The number of aliphatic imine (C=N–C) groups is 1. The molecule has 2 N–H and O–H groups in total. The van der Waals surface area contributed by atoms with Gasteiger partial charge in [0, 0.05) is 13.1 Å². The maximum absolute atomic E-state index is 13.6. The third-order valence-corrected chi connectivity index (χ3v) is 3.35. The summed E-state index contributed by atoms with van der Waals surface area (Å²) in [6, 6.07) is 8.25. The van der Waals surface area contributed by atoms with Crippen molar-refractivity contribution >= 4 is 29.9 Å². The minimum Gasteiger partial charge on any atom is -0.486 e. The highest BCUT2D eigenvalue weighted by atomic mass is 127. The van der Waals surface area contributed by atoms with Crippen molar-refractivity contribution in [2.24, 2.45) is 4.99 Å². The van der Waals surface area contributed by atoms with Gasteiger partial charge in [0.25, 0.3) is 0 Å². The van der Waals surface area contributed by atoms with Gasteiger partial charge < -0.3 is 19.9 Å². The standard InChI is InChI=1S/C17H23FN4O2.HI/c1-4-13-9-14(24-22-13)11-21-17(19-3)20-10-12(2)23-16-8-6-5-7-15(16)18;/h5-9,12H,4,10-11H2,1-3H3,(H2,19,20,21);1H. The summed E-state index contributed by atoms with van der Waals surface area (Å²) in [6.45, 7) is 4.84. The Kier molecular flexibility index (Phi) is 9.25. The molecule has 8 heteroatoms. The molecule has 25 heavy (non-hydrogen) atoms. The fraction of sp³-hybridized carbons (Fsp3) is 0.412. The molecule has 0 aliphatic heterocycles. The van der Waals surface area contributed by atoms with Crippen molar-refractivity contribution in [2.75, 3.05) is 13.6 Å². The minimum atomic E-state index is -0.371. The summed E-state index contributed by atoms with van der Waals surface area (Å²) in [5.74, 6) is 1.21. The van der Waals surface area contributed by atoms with Crippen LogP contribution in [0.5, 0.6) is 5.75 Å². The number of nitrogens with one attached hydrogen (secondary N) is 2. The van der Waals surface area contributed by atoms with Crippen LogP contribution in [0.2, 0.25) is 0 Å². The van der Waals surface area contributed by atoms with Crippen molar-refractivity contribution < 1.29 is 13.7 Å². The second-order valence-electron chi connectivity index (χ2n) is 5.30. The Hall–Kier alpha value is -1.84. The highest BCUT2D eigenvalue weighted by Crippen LogP contribution is 2.16. The predicted octanol–water partition coefficient (Wildman–Crippen LogP) is 3.13. The zero-order valence-electron chi connectivity index (χ0n) is 14.6. The van der Waals surface area contributed by atoms with E-state index in [1.807, 2.05) is 19.9 Å². The highest BCUT2D eigenvalue weighted by Gasteiger charge is 2.09. The van der Waals surface area contributed by atoms with Crippen molar-refractivity contribution in [1.29, 1.82) is 0 Å². The lowest BCUT2D eigenvalue weighted by molar-refractivity contribution is 0.214. The average molecular weight is 462 g/mol. The fourth-order valence-electron chi connectivity index (χ4n) is 2.04. The van der Waals surface area contributed by atoms with Crippen molar-refractivity contribution in [3.8, 4) is 5.75 Å². The number of guanidine groups is 1. The Morgan fingerprint density at radius 1 is 1.36 bits per heavy atom. The molecular formula is C17H24FIN4O2. The molecule has 6 nitrogen and oxygen atoms in total. The molecule has 0 saturated heterocycles. The van der Waals surface area contributed by atoms with Crippen molar-refractivity contribution in [2.45, 2.75) is 32.9 Å². The van der Waals surface area contributed by atoms with Crippen LogP contribution in [0.1, 0.15) is 25.3 Å². The molecular weight excluding hydrogens is 438 g/mol. The summed E-state index contributed by atoms with van der Waals surface area (Å²) in [6.07, 6.45) is 0.610. The molecule has 0 saturated carbocycles. The van der Waals surface area contributed by atoms with Gasteiger partial charge in [0.2, 0.25) is 0 Å². The van der Waals surface area contributed by atoms with Crippen LogP contribution < -0.4 is 15.4 Å². The molecule has 1 heterocycles. The first-order valence-electron chi connectivity index (χ1n) is 7.92. The van der Waals surface area contributed by atoms with Crippen LogP contribution in [0.15, 0.2) is 39.8 Å². The number of rotatable bonds is 7. The summed E-state index contributed by atoms with van der Waals surface area (Å²) in [5, 5.41) is 10.2. The monoisotopic (exact) mass is 462 g/mol. The lowest BCUT2D eigenvalue weighted by Crippen LogP contribution is -2.41. The number of para-hydroxylation sites is 1. The number of hydrogen-bond donors (Lipinski definition) is 2. The van der Waals surface area contributed by atoms with Gasteiger partial charge in [-0.05, 0) is 25.5 Å². The molecule has 1 aromatic carbocycles. The number of hydrogen-bond acceptors (Lipinski definition) is 4. The quantitative estimate of drug-likeness (QED) is 0.376. The summed E-state index contributed by atoms with van der Waals surface area (Å²) in [4.78, 5) is 4.13. The normalized spacial score (nSPS) is 12.2. The van der Waals surface area contributed by atoms with Crippen LogP contribution in [0.3, 0.4) is 0 Å². The van der Waals surface area contributed by atoms with E-state index in [1.165, 1.54) is 6.07 Å². The van der Waals surface area contributed by atoms with Gasteiger partial charge in [0.05, 0.1) is 18.8 Å². The highest BCUT2D eigenvalue weighted by molar-refractivity contribution is 14.0. The summed E-state index contributed by atoms with van der Waals surface area (Å²) in [5.41, 5.74) is 0.918. The first kappa shape index (κ1) is 21.2. The number of aromatic nitrogens is 1. The second-order valence-corrected chi connectivity index (χ2v) is 5.30. The Labute approximate surface area is 164 Å². The Morgan fingerprint density at radius 2 is 2.12 bits per heavy atom. The summed E-state index contributed by atoms with van der Waals surface area (Å²) >= 11 is 0. The third kappa shape index (κ3) is 6.89. The van der Waals surface area contributed by atoms with Crippen LogP contribution in [-0.2, 0) is 13.0 Å². The molecule has 2 rings (SSSR count). The van der Waals surface area contributed by atoms with Crippen LogP contribution >= 0.6 is 24.0 Å². The third-order valence-electron chi connectivity index (χ3n) is 3.35. The van der Waals surface area contributed by atoms with Gasteiger partial charge in [-0.15, -0.1) is 24.0 Å². The second kappa shape index (κ2) is 10.9. The van der Waals surface area contributed by atoms with Gasteiger partial charge in [-0.1, -0.05) is 24.2 Å². The molecule has 1 unspecified atom stereocenters. The van der Waals surface area contributed by atoms with Crippen molar-refractivity contribution in [3.63, 3.8) is 0 Å². The zero-order valence-corrected chi connectivity index (χ0v) is 16.9. The van der Waals surface area contributed by atoms with E-state index in [0.717, 1.165) is 17.9 Å². The lowest BCUT2D eigenvalue weighted by atomic mass is 10.3. The molecule has 0 aliphatic carbocycles. The molecule has 1 aromatic heterocycles. The Morgan fingerprint density at radius 3 is 2.76 bits per heavy atom. The first-order chi connectivity index (χ1) is 11.6. The topological polar surface area (TPSA) is 71.7 Å². The van der Waals surface area contributed by atoms with E-state index < -0.39 is 0 Å². The Balaban J connectivity index is 0.00000312. The molecule has 1 atom stereocenters. The van der Waals surface area contributed by atoms with E-state index in [4.69, 9.17) is 9.26 Å². The molecule has 0 radical (unpaired) electrons. The predicted molar refractivity (Wildman–Crippen MR) is 106 cm³/mol. The fourth-order valence-corrected chi connectivity index (χ4v) is 2.04. The molecule has 0 spiro atoms. The van der Waals surface area contributed by atoms with Gasteiger partial charge in [-0.3, -0.25) is 4.99 Å². The molecule has 2 aromatic rings. The largest absolute Gasteiger partial charge is 0.486 e. The SMILES string of the molecule is CCc1cc(CNC(=NC)NCC(C)Oc2ccccc2F)on1.I. The summed E-state index contributed by atoms with van der Waals surface area (Å²) in [7, 11) is 1.68. The van der Waals surface area contributed by atoms with Crippen LogP contribution in [0, 0.1) is 5.82 Å². The van der Waals surface area contributed by atoms with Crippen molar-refractivity contribution in [3.05, 3.63) is 47.6 Å². The molecule has 0 bridgehead atoms. The van der Waals surface area contributed by atoms with Gasteiger partial charge in [-0.2, -0.15) is 0 Å². The maximum Gasteiger partial charge on any atom is 0.191 e. The average Bonchev–Trinajstić information content (AvgIpc) is 3.05. The number of aryl methyl sites for hydroxylation is 1. The van der Waals surface area contributed by atoms with E-state index in [2.05, 4.69) is 20.8 Å². The molecule has 0 fully saturated rings. The van der Waals surface area contributed by atoms with E-state index in [-0.39, 0.29) is 41.6 Å². The maximum atomic E-state index is 13.6. The van der Waals surface area contributed by atoms with E-state index >= 15 is 0 Å². The van der Waals surface area contributed by atoms with Gasteiger partial charge in [0.15, 0.2) is 23.3 Å². The first-order valence-corrected chi connectivity index (χ1v) is 7.92. The molecule has 0 aliphatic rings. The van der Waals surface area contributed by atoms with E-state index in [9.17, 15) is 4.39 Å². The van der Waals surface area contributed by atoms with Crippen LogP contribution in [0.25, 0.3) is 0 Å². The van der Waals surface area contributed by atoms with E-state index in [0.29, 0.717) is 19.0 Å². The van der Waals surface area contributed by atoms with Gasteiger partial charge >= 0.3 is 0 Å². The van der Waals surface area contributed by atoms with Gasteiger partial charge in [-0.25, -0.2) is 4.39 Å². The molecule has 0 amide bonds. The number of halogens is 2. The van der Waals surface area contributed by atoms with Crippen molar-refractivity contribution in [1.82, 2.24) is 15.8 Å². The van der Waals surface area contributed by atoms with Gasteiger partial charge in [0.1, 0.15) is 6.10 Å². The van der Waals surface area contributed by atoms with Crippen LogP contribution in [-0.4, -0.2) is 30.8 Å². The number of ether oxygens (including phenoxy) is 1.